The van der Waals surface area contributed by atoms with Gasteiger partial charge >= 0.3 is 0 Å². The first-order valence-electron chi connectivity index (χ1n) is 8.73. The number of fused-ring (bicyclic) bond motifs is 4. The van der Waals surface area contributed by atoms with Crippen molar-refractivity contribution in [3.05, 3.63) is 66.1 Å². The molecule has 1 aromatic heterocycles. The second kappa shape index (κ2) is 5.68. The molecule has 0 amide bonds. The Kier molecular flexibility index (Phi) is 3.47. The molecule has 7 heteroatoms. The summed E-state index contributed by atoms with van der Waals surface area (Å²) < 4.78 is 32.1. The number of hydrogen-bond donors (Lipinski definition) is 1. The molecule has 2 aliphatic rings. The molecule has 0 saturated heterocycles. The first kappa shape index (κ1) is 16.5. The summed E-state index contributed by atoms with van der Waals surface area (Å²) in [5.41, 5.74) is 3.86. The predicted octanol–water partition coefficient (Wildman–Crippen LogP) is 2.74. The monoisotopic (exact) mass is 382 g/mol. The van der Waals surface area contributed by atoms with Crippen molar-refractivity contribution in [2.45, 2.75) is 29.6 Å². The van der Waals surface area contributed by atoms with Crippen LogP contribution in [0.4, 0.5) is 0 Å². The quantitative estimate of drug-likeness (QED) is 0.737. The number of rotatable bonds is 2. The van der Waals surface area contributed by atoms with Gasteiger partial charge in [0, 0.05) is 23.8 Å². The first-order valence-corrected chi connectivity index (χ1v) is 10.6. The maximum Gasteiger partial charge on any atom is 0.175 e. The number of aromatic nitrogens is 2. The van der Waals surface area contributed by atoms with Crippen LogP contribution in [0.5, 0.6) is 5.75 Å². The summed E-state index contributed by atoms with van der Waals surface area (Å²) in [4.78, 5) is 4.45. The second-order valence-corrected chi connectivity index (χ2v) is 9.11. The molecule has 138 valence electrons. The van der Waals surface area contributed by atoms with E-state index in [-0.39, 0.29) is 17.0 Å². The third-order valence-electron chi connectivity index (χ3n) is 5.38. The predicted molar refractivity (Wildman–Crippen MR) is 99.3 cm³/mol. The van der Waals surface area contributed by atoms with Crippen molar-refractivity contribution in [1.82, 2.24) is 9.55 Å². The van der Waals surface area contributed by atoms with Crippen LogP contribution >= 0.6 is 0 Å². The molecule has 0 bridgehead atoms. The van der Waals surface area contributed by atoms with E-state index in [1.807, 2.05) is 18.3 Å². The van der Waals surface area contributed by atoms with Gasteiger partial charge < -0.3 is 14.4 Å². The van der Waals surface area contributed by atoms with E-state index in [1.54, 1.807) is 12.4 Å². The van der Waals surface area contributed by atoms with E-state index < -0.39 is 15.9 Å². The average molecular weight is 382 g/mol. The summed E-state index contributed by atoms with van der Waals surface area (Å²) in [7, 11) is -3.36. The first-order chi connectivity index (χ1) is 12.9. The fourth-order valence-electron chi connectivity index (χ4n) is 4.13. The van der Waals surface area contributed by atoms with E-state index in [2.05, 4.69) is 21.7 Å². The molecule has 3 heterocycles. The SMILES string of the molecule is CS(=O)(=O)c1ccc2c(c1)OC([C@@H]1c3ccccc3-c3cncn31)CC2O. The number of sulfone groups is 1. The molecule has 0 spiro atoms. The minimum atomic E-state index is -3.36. The third kappa shape index (κ3) is 2.49. The molecule has 0 saturated carbocycles. The number of hydrogen-bond acceptors (Lipinski definition) is 5. The maximum absolute atomic E-state index is 11.9. The van der Waals surface area contributed by atoms with E-state index >= 15 is 0 Å². The molecular weight excluding hydrogens is 364 g/mol. The topological polar surface area (TPSA) is 81.4 Å². The lowest BCUT2D eigenvalue weighted by molar-refractivity contribution is 0.0472. The summed E-state index contributed by atoms with van der Waals surface area (Å²) in [5.74, 6) is 0.424. The summed E-state index contributed by atoms with van der Waals surface area (Å²) in [6.07, 6.45) is 4.13. The van der Waals surface area contributed by atoms with Crippen molar-refractivity contribution >= 4 is 9.84 Å². The fraction of sp³-hybridized carbons (Fsp3) is 0.250. The molecule has 0 aliphatic carbocycles. The Hall–Kier alpha value is -2.64. The molecule has 0 fully saturated rings. The number of benzene rings is 2. The van der Waals surface area contributed by atoms with Gasteiger partial charge in [0.2, 0.25) is 0 Å². The lowest BCUT2D eigenvalue weighted by atomic mass is 9.91. The number of aliphatic hydroxyl groups is 1. The normalized spacial score (nSPS) is 23.3. The van der Waals surface area contributed by atoms with Crippen molar-refractivity contribution in [1.29, 1.82) is 0 Å². The fourth-order valence-corrected chi connectivity index (χ4v) is 4.76. The summed E-state index contributed by atoms with van der Waals surface area (Å²) in [6, 6.07) is 12.6. The van der Waals surface area contributed by atoms with Crippen molar-refractivity contribution in [3.63, 3.8) is 0 Å². The van der Waals surface area contributed by atoms with Crippen molar-refractivity contribution in [3.8, 4) is 17.0 Å². The van der Waals surface area contributed by atoms with Crippen LogP contribution in [0, 0.1) is 0 Å². The Labute approximate surface area is 157 Å². The highest BCUT2D eigenvalue weighted by Gasteiger charge is 2.39. The Balaban J connectivity index is 1.59. The van der Waals surface area contributed by atoms with Crippen LogP contribution in [0.2, 0.25) is 0 Å². The molecular formula is C20H18N2O4S. The molecule has 2 aliphatic heterocycles. The summed E-state index contributed by atoms with van der Waals surface area (Å²) >= 11 is 0. The zero-order valence-corrected chi connectivity index (χ0v) is 15.4. The van der Waals surface area contributed by atoms with Crippen LogP contribution in [-0.2, 0) is 9.84 Å². The van der Waals surface area contributed by atoms with Crippen LogP contribution in [0.1, 0.15) is 29.7 Å². The van der Waals surface area contributed by atoms with Gasteiger partial charge in [0.25, 0.3) is 0 Å². The Morgan fingerprint density at radius 3 is 2.81 bits per heavy atom. The minimum Gasteiger partial charge on any atom is -0.487 e. The third-order valence-corrected chi connectivity index (χ3v) is 6.49. The molecule has 27 heavy (non-hydrogen) atoms. The Morgan fingerprint density at radius 1 is 1.19 bits per heavy atom. The molecule has 2 aromatic carbocycles. The van der Waals surface area contributed by atoms with E-state index in [9.17, 15) is 13.5 Å². The smallest absolute Gasteiger partial charge is 0.175 e. The van der Waals surface area contributed by atoms with Gasteiger partial charge in [0.1, 0.15) is 11.9 Å². The van der Waals surface area contributed by atoms with Crippen LogP contribution in [0.15, 0.2) is 59.9 Å². The number of aliphatic hydroxyl groups excluding tert-OH is 1. The van der Waals surface area contributed by atoms with E-state index in [0.29, 0.717) is 17.7 Å². The Bertz CT molecular complexity index is 1150. The number of imidazole rings is 1. The molecule has 3 atom stereocenters. The second-order valence-electron chi connectivity index (χ2n) is 7.10. The highest BCUT2D eigenvalue weighted by atomic mass is 32.2. The molecule has 5 rings (SSSR count). The van der Waals surface area contributed by atoms with Crippen molar-refractivity contribution < 1.29 is 18.3 Å². The lowest BCUT2D eigenvalue weighted by Gasteiger charge is -2.34. The van der Waals surface area contributed by atoms with Gasteiger partial charge in [-0.15, -0.1) is 0 Å². The average Bonchev–Trinajstić information content (AvgIpc) is 3.21. The van der Waals surface area contributed by atoms with Crippen LogP contribution in [0.25, 0.3) is 11.3 Å². The Morgan fingerprint density at radius 2 is 2.00 bits per heavy atom. The molecule has 0 radical (unpaired) electrons. The van der Waals surface area contributed by atoms with Gasteiger partial charge in [-0.05, 0) is 17.7 Å². The highest BCUT2D eigenvalue weighted by molar-refractivity contribution is 7.90. The standard InChI is InChI=1S/C20H18N2O4S/c1-27(24,25)12-6-7-15-17(23)9-19(26-18(15)8-12)20-14-5-3-2-4-13(14)16-10-21-11-22(16)20/h2-8,10-11,17,19-20,23H,9H2,1H3/t17?,19?,20-/m0/s1. The van der Waals surface area contributed by atoms with Crippen LogP contribution in [0.3, 0.4) is 0 Å². The summed E-state index contributed by atoms with van der Waals surface area (Å²) in [6.45, 7) is 0. The minimum absolute atomic E-state index is 0.122. The molecule has 3 aromatic rings. The summed E-state index contributed by atoms with van der Waals surface area (Å²) in [5, 5.41) is 10.7. The number of ether oxygens (including phenoxy) is 1. The van der Waals surface area contributed by atoms with Gasteiger partial charge in [-0.1, -0.05) is 30.3 Å². The van der Waals surface area contributed by atoms with E-state index in [1.165, 1.54) is 12.1 Å². The van der Waals surface area contributed by atoms with Gasteiger partial charge in [-0.25, -0.2) is 13.4 Å². The van der Waals surface area contributed by atoms with Crippen molar-refractivity contribution in [2.75, 3.05) is 6.26 Å². The zero-order chi connectivity index (χ0) is 18.8. The maximum atomic E-state index is 11.9. The highest BCUT2D eigenvalue weighted by Crippen LogP contribution is 2.46. The van der Waals surface area contributed by atoms with Crippen molar-refractivity contribution in [2.24, 2.45) is 0 Å². The number of nitrogens with zero attached hydrogens (tertiary/aromatic N) is 2. The lowest BCUT2D eigenvalue weighted by Crippen LogP contribution is -2.33. The largest absolute Gasteiger partial charge is 0.487 e. The van der Waals surface area contributed by atoms with Gasteiger partial charge in [-0.3, -0.25) is 0 Å². The van der Waals surface area contributed by atoms with Crippen LogP contribution < -0.4 is 4.74 Å². The molecule has 2 unspecified atom stereocenters. The zero-order valence-electron chi connectivity index (χ0n) is 14.6. The van der Waals surface area contributed by atoms with Crippen LogP contribution in [-0.4, -0.2) is 35.4 Å². The van der Waals surface area contributed by atoms with Gasteiger partial charge in [-0.2, -0.15) is 0 Å². The molecule has 6 nitrogen and oxygen atoms in total. The van der Waals surface area contributed by atoms with E-state index in [0.717, 1.165) is 23.1 Å². The van der Waals surface area contributed by atoms with Gasteiger partial charge in [0.05, 0.1) is 35.3 Å². The van der Waals surface area contributed by atoms with Gasteiger partial charge in [0.15, 0.2) is 9.84 Å². The van der Waals surface area contributed by atoms with E-state index in [4.69, 9.17) is 4.74 Å². The molecule has 1 N–H and O–H groups in total.